The van der Waals surface area contributed by atoms with E-state index in [2.05, 4.69) is 5.10 Å². The Hall–Kier alpha value is -1.79. The van der Waals surface area contributed by atoms with Crippen LogP contribution in [0, 0.1) is 0 Å². The fraction of sp³-hybridized carbons (Fsp3) is 0.357. The molecule has 0 spiro atoms. The van der Waals surface area contributed by atoms with E-state index in [0.29, 0.717) is 6.42 Å². The van der Waals surface area contributed by atoms with Gasteiger partial charge in [0, 0.05) is 6.42 Å². The van der Waals surface area contributed by atoms with Gasteiger partial charge in [-0.3, -0.25) is 4.79 Å². The maximum Gasteiger partial charge on any atom is 0.358 e. The molecule has 2 aromatic rings. The summed E-state index contributed by atoms with van der Waals surface area (Å²) in [5, 5.41) is 2.54. The predicted molar refractivity (Wildman–Crippen MR) is 85.4 cm³/mol. The molecular formula is C14H15Cl2N3O3. The number of hydrogen-bond acceptors (Lipinski definition) is 3. The number of aromatic amines is 1. The van der Waals surface area contributed by atoms with Crippen LogP contribution in [0.1, 0.15) is 37.4 Å². The van der Waals surface area contributed by atoms with Gasteiger partial charge in [-0.1, -0.05) is 49.0 Å². The van der Waals surface area contributed by atoms with Gasteiger partial charge >= 0.3 is 11.4 Å². The number of benzene rings is 1. The number of nitrogens with zero attached hydrogens (tertiary/aromatic N) is 2. The van der Waals surface area contributed by atoms with E-state index in [1.807, 2.05) is 6.92 Å². The van der Waals surface area contributed by atoms with E-state index in [4.69, 9.17) is 23.2 Å². The lowest BCUT2D eigenvalue weighted by atomic mass is 10.2. The fourth-order valence-electron chi connectivity index (χ4n) is 2.06. The summed E-state index contributed by atoms with van der Waals surface area (Å²) in [5.41, 5.74) is -1.38. The van der Waals surface area contributed by atoms with Crippen LogP contribution in [0.4, 0.5) is 0 Å². The van der Waals surface area contributed by atoms with Crippen LogP contribution in [0.5, 0.6) is 0 Å². The molecule has 6 nitrogen and oxygen atoms in total. The summed E-state index contributed by atoms with van der Waals surface area (Å²) in [4.78, 5) is 36.3. The SMILES string of the molecule is CCCCCC(=O)n1[nH]c(=O)n(-c2cccc(Cl)c2Cl)c1=O. The Bertz CT molecular complexity index is 804. The molecule has 1 aromatic heterocycles. The molecule has 0 aliphatic rings. The van der Waals surface area contributed by atoms with Crippen molar-refractivity contribution in [3.05, 3.63) is 49.2 Å². The molecule has 1 N–H and O–H groups in total. The highest BCUT2D eigenvalue weighted by molar-refractivity contribution is 6.43. The second-order valence-electron chi connectivity index (χ2n) is 4.79. The molecule has 1 heterocycles. The van der Waals surface area contributed by atoms with E-state index >= 15 is 0 Å². The van der Waals surface area contributed by atoms with Gasteiger partial charge < -0.3 is 0 Å². The summed E-state index contributed by atoms with van der Waals surface area (Å²) in [5.74, 6) is -0.451. The zero-order valence-corrected chi connectivity index (χ0v) is 13.4. The van der Waals surface area contributed by atoms with E-state index < -0.39 is 17.3 Å². The molecule has 22 heavy (non-hydrogen) atoms. The third kappa shape index (κ3) is 3.18. The minimum atomic E-state index is -0.782. The normalized spacial score (nSPS) is 10.9. The highest BCUT2D eigenvalue weighted by Crippen LogP contribution is 2.26. The van der Waals surface area contributed by atoms with Gasteiger partial charge in [0.05, 0.1) is 15.7 Å². The minimum absolute atomic E-state index is 0.0768. The van der Waals surface area contributed by atoms with E-state index in [1.165, 1.54) is 6.07 Å². The summed E-state index contributed by atoms with van der Waals surface area (Å²) in [6.45, 7) is 2.01. The maximum absolute atomic E-state index is 12.3. The molecule has 0 atom stereocenters. The first-order valence-corrected chi connectivity index (χ1v) is 7.64. The number of aromatic nitrogens is 3. The molecule has 0 unspecified atom stereocenters. The fourth-order valence-corrected chi connectivity index (χ4v) is 2.44. The second-order valence-corrected chi connectivity index (χ2v) is 5.58. The lowest BCUT2D eigenvalue weighted by molar-refractivity contribution is 0.0878. The summed E-state index contributed by atoms with van der Waals surface area (Å²) < 4.78 is 1.52. The van der Waals surface area contributed by atoms with Crippen molar-refractivity contribution in [1.29, 1.82) is 0 Å². The van der Waals surface area contributed by atoms with Crippen molar-refractivity contribution in [3.63, 3.8) is 0 Å². The highest BCUT2D eigenvalue weighted by Gasteiger charge is 2.18. The third-order valence-electron chi connectivity index (χ3n) is 3.21. The molecule has 0 aliphatic heterocycles. The van der Waals surface area contributed by atoms with Crippen molar-refractivity contribution in [2.45, 2.75) is 32.6 Å². The van der Waals surface area contributed by atoms with Gasteiger partial charge in [0.25, 0.3) is 0 Å². The first-order chi connectivity index (χ1) is 10.5. The minimum Gasteiger partial charge on any atom is -0.272 e. The van der Waals surface area contributed by atoms with Crippen LogP contribution in [-0.4, -0.2) is 20.3 Å². The molecule has 0 aliphatic carbocycles. The van der Waals surface area contributed by atoms with Gasteiger partial charge in [-0.2, -0.15) is 4.68 Å². The van der Waals surface area contributed by atoms with Crippen LogP contribution in [0.2, 0.25) is 10.0 Å². The molecular weight excluding hydrogens is 329 g/mol. The first kappa shape index (κ1) is 16.6. The number of unbranched alkanes of at least 4 members (excludes halogenated alkanes) is 2. The van der Waals surface area contributed by atoms with E-state index in [1.54, 1.807) is 12.1 Å². The Morgan fingerprint density at radius 3 is 2.64 bits per heavy atom. The lowest BCUT2D eigenvalue weighted by Crippen LogP contribution is -2.30. The van der Waals surface area contributed by atoms with Crippen molar-refractivity contribution in [1.82, 2.24) is 14.3 Å². The van der Waals surface area contributed by atoms with Crippen LogP contribution in [-0.2, 0) is 0 Å². The summed E-state index contributed by atoms with van der Waals surface area (Å²) in [6, 6.07) is 4.59. The third-order valence-corrected chi connectivity index (χ3v) is 4.02. The average Bonchev–Trinajstić information content (AvgIpc) is 2.78. The van der Waals surface area contributed by atoms with Gasteiger partial charge in [-0.15, -0.1) is 0 Å². The van der Waals surface area contributed by atoms with Crippen LogP contribution in [0.15, 0.2) is 27.8 Å². The van der Waals surface area contributed by atoms with Crippen molar-refractivity contribution < 1.29 is 4.79 Å². The van der Waals surface area contributed by atoms with Crippen LogP contribution in [0.3, 0.4) is 0 Å². The van der Waals surface area contributed by atoms with Crippen LogP contribution in [0.25, 0.3) is 5.69 Å². The Morgan fingerprint density at radius 2 is 1.95 bits per heavy atom. The zero-order valence-electron chi connectivity index (χ0n) is 11.9. The number of rotatable bonds is 5. The van der Waals surface area contributed by atoms with Gasteiger partial charge in [0.1, 0.15) is 0 Å². The van der Waals surface area contributed by atoms with Crippen LogP contribution >= 0.6 is 23.2 Å². The number of carbonyl (C=O) groups excluding carboxylic acids is 1. The predicted octanol–water partition coefficient (Wildman–Crippen LogP) is 2.85. The molecule has 0 bridgehead atoms. The maximum atomic E-state index is 12.3. The summed E-state index contributed by atoms with van der Waals surface area (Å²) in [6.07, 6.45) is 2.69. The first-order valence-electron chi connectivity index (χ1n) is 6.89. The largest absolute Gasteiger partial charge is 0.358 e. The van der Waals surface area contributed by atoms with E-state index in [9.17, 15) is 14.4 Å². The lowest BCUT2D eigenvalue weighted by Gasteiger charge is -2.03. The summed E-state index contributed by atoms with van der Waals surface area (Å²) >= 11 is 11.9. The highest BCUT2D eigenvalue weighted by atomic mass is 35.5. The Balaban J connectivity index is 2.44. The van der Waals surface area contributed by atoms with E-state index in [0.717, 1.165) is 22.1 Å². The quantitative estimate of drug-likeness (QED) is 0.848. The molecule has 0 fully saturated rings. The molecule has 118 valence electrons. The van der Waals surface area contributed by atoms with Crippen molar-refractivity contribution in [2.24, 2.45) is 0 Å². The molecule has 0 amide bonds. The van der Waals surface area contributed by atoms with Crippen LogP contribution < -0.4 is 11.4 Å². The van der Waals surface area contributed by atoms with E-state index in [-0.39, 0.29) is 22.2 Å². The molecule has 0 radical (unpaired) electrons. The zero-order chi connectivity index (χ0) is 16.3. The van der Waals surface area contributed by atoms with Crippen molar-refractivity contribution >= 4 is 29.1 Å². The van der Waals surface area contributed by atoms with Gasteiger partial charge in [0.15, 0.2) is 0 Å². The average molecular weight is 344 g/mol. The van der Waals surface area contributed by atoms with Crippen molar-refractivity contribution in [3.8, 4) is 5.69 Å². The topological polar surface area (TPSA) is 76.9 Å². The molecule has 8 heteroatoms. The Kier molecular flexibility index (Phi) is 5.26. The number of halogens is 2. The van der Waals surface area contributed by atoms with Gasteiger partial charge in [-0.25, -0.2) is 19.3 Å². The van der Waals surface area contributed by atoms with Crippen molar-refractivity contribution in [2.75, 3.05) is 0 Å². The number of carbonyl (C=O) groups is 1. The molecule has 2 rings (SSSR count). The standard InChI is InChI=1S/C14H15Cl2N3O3/c1-2-3-4-8-11(20)19-14(22)18(13(21)17-19)10-7-5-6-9(15)12(10)16/h5-7H,2-4,8H2,1H3,(H,17,21). The second kappa shape index (κ2) is 6.98. The summed E-state index contributed by atoms with van der Waals surface area (Å²) in [7, 11) is 0. The molecule has 0 saturated heterocycles. The number of H-pyrrole nitrogens is 1. The molecule has 0 saturated carbocycles. The van der Waals surface area contributed by atoms with Gasteiger partial charge in [-0.05, 0) is 18.6 Å². The molecule has 1 aromatic carbocycles. The number of nitrogens with one attached hydrogen (secondary N) is 1. The number of hydrogen-bond donors (Lipinski definition) is 1. The Morgan fingerprint density at radius 1 is 1.23 bits per heavy atom. The monoisotopic (exact) mass is 343 g/mol. The smallest absolute Gasteiger partial charge is 0.272 e. The Labute approximate surface area is 136 Å². The van der Waals surface area contributed by atoms with Gasteiger partial charge in [0.2, 0.25) is 5.91 Å².